The first-order chi connectivity index (χ1) is 10.2. The molecule has 1 aliphatic heterocycles. The van der Waals surface area contributed by atoms with Crippen molar-refractivity contribution in [3.8, 4) is 0 Å². The van der Waals surface area contributed by atoms with E-state index in [0.717, 1.165) is 44.2 Å². The van der Waals surface area contributed by atoms with Gasteiger partial charge >= 0.3 is 6.09 Å². The first-order valence-corrected chi connectivity index (χ1v) is 7.83. The molecule has 0 radical (unpaired) electrons. The molecule has 1 heterocycles. The zero-order valence-electron chi connectivity index (χ0n) is 12.3. The number of aliphatic hydroxyl groups excluding tert-OH is 1. The predicted molar refractivity (Wildman–Crippen MR) is 79.7 cm³/mol. The quantitative estimate of drug-likeness (QED) is 0.927. The molecular formula is C17H23NO3. The number of amides is 1. The van der Waals surface area contributed by atoms with Gasteiger partial charge in [-0.1, -0.05) is 30.3 Å². The summed E-state index contributed by atoms with van der Waals surface area (Å²) in [6.07, 6.45) is 4.96. The van der Waals surface area contributed by atoms with E-state index in [-0.39, 0.29) is 24.2 Å². The molecule has 114 valence electrons. The van der Waals surface area contributed by atoms with Gasteiger partial charge in [0, 0.05) is 18.0 Å². The number of hydrogen-bond acceptors (Lipinski definition) is 3. The van der Waals surface area contributed by atoms with Gasteiger partial charge in [0.15, 0.2) is 0 Å². The number of carbonyl (C=O) groups excluding carboxylic acids is 1. The van der Waals surface area contributed by atoms with Crippen molar-refractivity contribution in [2.45, 2.75) is 44.8 Å². The van der Waals surface area contributed by atoms with Crippen LogP contribution in [0.5, 0.6) is 0 Å². The summed E-state index contributed by atoms with van der Waals surface area (Å²) >= 11 is 0. The summed E-state index contributed by atoms with van der Waals surface area (Å²) in [6, 6.07) is 9.90. The predicted octanol–water partition coefficient (Wildman–Crippen LogP) is 2.95. The van der Waals surface area contributed by atoms with E-state index in [1.165, 1.54) is 0 Å². The number of hydrogen-bond donors (Lipinski definition) is 1. The molecule has 1 aliphatic carbocycles. The van der Waals surface area contributed by atoms with Crippen LogP contribution in [0.3, 0.4) is 0 Å². The minimum atomic E-state index is -0.233. The maximum Gasteiger partial charge on any atom is 0.410 e. The fourth-order valence-electron chi connectivity index (χ4n) is 3.35. The number of ether oxygens (including phenoxy) is 1. The summed E-state index contributed by atoms with van der Waals surface area (Å²) in [4.78, 5) is 14.3. The van der Waals surface area contributed by atoms with Crippen LogP contribution in [0.1, 0.15) is 37.7 Å². The van der Waals surface area contributed by atoms with E-state index >= 15 is 0 Å². The van der Waals surface area contributed by atoms with Gasteiger partial charge in [-0.2, -0.15) is 0 Å². The first kappa shape index (κ1) is 14.4. The van der Waals surface area contributed by atoms with E-state index in [1.807, 2.05) is 35.2 Å². The Balaban J connectivity index is 1.62. The molecule has 1 N–H and O–H groups in total. The van der Waals surface area contributed by atoms with Gasteiger partial charge in [-0.05, 0) is 37.7 Å². The molecule has 1 saturated carbocycles. The number of likely N-dealkylation sites (tertiary alicyclic amines) is 1. The monoisotopic (exact) mass is 289 g/mol. The average Bonchev–Trinajstić information content (AvgIpc) is 3.35. The number of carbonyl (C=O) groups is 1. The molecule has 0 spiro atoms. The Morgan fingerprint density at radius 3 is 2.71 bits per heavy atom. The third kappa shape index (κ3) is 3.05. The molecular weight excluding hydrogens is 266 g/mol. The van der Waals surface area contributed by atoms with E-state index < -0.39 is 0 Å². The normalized spacial score (nSPS) is 23.7. The highest BCUT2D eigenvalue weighted by molar-refractivity contribution is 5.68. The number of aliphatic hydroxyl groups is 1. The van der Waals surface area contributed by atoms with Gasteiger partial charge in [-0.3, -0.25) is 0 Å². The summed E-state index contributed by atoms with van der Waals surface area (Å²) in [6.45, 7) is 1.25. The minimum Gasteiger partial charge on any atom is -0.445 e. The number of piperidine rings is 1. The van der Waals surface area contributed by atoms with Gasteiger partial charge in [0.1, 0.15) is 6.61 Å². The molecule has 1 atom stereocenters. The molecule has 1 aromatic rings. The van der Waals surface area contributed by atoms with E-state index in [9.17, 15) is 9.90 Å². The number of rotatable bonds is 4. The van der Waals surface area contributed by atoms with Crippen LogP contribution in [0.15, 0.2) is 30.3 Å². The second kappa shape index (κ2) is 6.06. The molecule has 1 unspecified atom stereocenters. The zero-order valence-corrected chi connectivity index (χ0v) is 12.3. The maximum absolute atomic E-state index is 12.4. The van der Waals surface area contributed by atoms with Crippen LogP contribution in [-0.4, -0.2) is 35.3 Å². The van der Waals surface area contributed by atoms with Crippen molar-refractivity contribution in [2.75, 3.05) is 13.2 Å². The zero-order chi connectivity index (χ0) is 14.7. The van der Waals surface area contributed by atoms with Crippen molar-refractivity contribution in [3.05, 3.63) is 35.9 Å². The molecule has 1 aromatic carbocycles. The molecule has 3 rings (SSSR count). The standard InChI is InChI=1S/C17H23NO3/c19-13-17(9-10-17)15-8-4-5-11-18(15)16(20)21-12-14-6-2-1-3-7-14/h1-3,6-7,15,19H,4-5,8-13H2. The largest absolute Gasteiger partial charge is 0.445 e. The van der Waals surface area contributed by atoms with Gasteiger partial charge in [0.2, 0.25) is 0 Å². The van der Waals surface area contributed by atoms with Gasteiger partial charge < -0.3 is 14.7 Å². The highest BCUT2D eigenvalue weighted by Crippen LogP contribution is 2.52. The van der Waals surface area contributed by atoms with E-state index in [1.54, 1.807) is 0 Å². The van der Waals surface area contributed by atoms with E-state index in [2.05, 4.69) is 0 Å². The molecule has 1 amide bonds. The van der Waals surface area contributed by atoms with Crippen LogP contribution in [0.25, 0.3) is 0 Å². The summed E-state index contributed by atoms with van der Waals surface area (Å²) in [5.41, 5.74) is 0.953. The Kier molecular flexibility index (Phi) is 4.15. The van der Waals surface area contributed by atoms with Crippen molar-refractivity contribution >= 4 is 6.09 Å². The van der Waals surface area contributed by atoms with E-state index in [4.69, 9.17) is 4.74 Å². The highest BCUT2D eigenvalue weighted by atomic mass is 16.6. The lowest BCUT2D eigenvalue weighted by molar-refractivity contribution is 0.0312. The molecule has 4 nitrogen and oxygen atoms in total. The van der Waals surface area contributed by atoms with Crippen molar-refractivity contribution in [1.82, 2.24) is 4.90 Å². The lowest BCUT2D eigenvalue weighted by atomic mass is 9.88. The Hall–Kier alpha value is -1.55. The number of benzene rings is 1. The third-order valence-electron chi connectivity index (χ3n) is 4.86. The maximum atomic E-state index is 12.4. The molecule has 1 saturated heterocycles. The van der Waals surface area contributed by atoms with Gasteiger partial charge in [-0.15, -0.1) is 0 Å². The molecule has 21 heavy (non-hydrogen) atoms. The molecule has 2 aliphatic rings. The van der Waals surface area contributed by atoms with Crippen LogP contribution in [0.2, 0.25) is 0 Å². The van der Waals surface area contributed by atoms with Crippen molar-refractivity contribution in [3.63, 3.8) is 0 Å². The summed E-state index contributed by atoms with van der Waals surface area (Å²) in [5.74, 6) is 0. The fourth-order valence-corrected chi connectivity index (χ4v) is 3.35. The lowest BCUT2D eigenvalue weighted by Crippen LogP contribution is -2.49. The van der Waals surface area contributed by atoms with Crippen molar-refractivity contribution < 1.29 is 14.6 Å². The molecule has 4 heteroatoms. The van der Waals surface area contributed by atoms with Gasteiger partial charge in [0.25, 0.3) is 0 Å². The first-order valence-electron chi connectivity index (χ1n) is 7.83. The second-order valence-electron chi connectivity index (χ2n) is 6.27. The minimum absolute atomic E-state index is 0.0494. The lowest BCUT2D eigenvalue weighted by Gasteiger charge is -2.39. The molecule has 0 bridgehead atoms. The van der Waals surface area contributed by atoms with Gasteiger partial charge in [-0.25, -0.2) is 4.79 Å². The Morgan fingerprint density at radius 1 is 1.29 bits per heavy atom. The van der Waals surface area contributed by atoms with Crippen LogP contribution in [0.4, 0.5) is 4.79 Å². The third-order valence-corrected chi connectivity index (χ3v) is 4.86. The molecule has 0 aromatic heterocycles. The van der Waals surface area contributed by atoms with Gasteiger partial charge in [0.05, 0.1) is 6.61 Å². The van der Waals surface area contributed by atoms with Crippen molar-refractivity contribution in [2.24, 2.45) is 5.41 Å². The fraction of sp³-hybridized carbons (Fsp3) is 0.588. The van der Waals surface area contributed by atoms with Crippen LogP contribution in [-0.2, 0) is 11.3 Å². The van der Waals surface area contributed by atoms with Crippen molar-refractivity contribution in [1.29, 1.82) is 0 Å². The Bertz CT molecular complexity index is 484. The van der Waals surface area contributed by atoms with Crippen LogP contribution in [0, 0.1) is 5.41 Å². The Labute approximate surface area is 125 Å². The van der Waals surface area contributed by atoms with E-state index in [0.29, 0.717) is 6.61 Å². The SMILES string of the molecule is O=C(OCc1ccccc1)N1CCCCC1C1(CO)CC1. The number of nitrogens with zero attached hydrogens (tertiary/aromatic N) is 1. The Morgan fingerprint density at radius 2 is 2.05 bits per heavy atom. The summed E-state index contributed by atoms with van der Waals surface area (Å²) in [7, 11) is 0. The highest BCUT2D eigenvalue weighted by Gasteiger charge is 2.52. The summed E-state index contributed by atoms with van der Waals surface area (Å²) in [5, 5.41) is 9.64. The topological polar surface area (TPSA) is 49.8 Å². The van der Waals surface area contributed by atoms with Crippen LogP contribution >= 0.6 is 0 Å². The smallest absolute Gasteiger partial charge is 0.410 e. The summed E-state index contributed by atoms with van der Waals surface area (Å²) < 4.78 is 5.47. The van der Waals surface area contributed by atoms with Crippen LogP contribution < -0.4 is 0 Å². The average molecular weight is 289 g/mol. The second-order valence-corrected chi connectivity index (χ2v) is 6.27. The molecule has 2 fully saturated rings.